The predicted molar refractivity (Wildman–Crippen MR) is 202 cm³/mol. The second-order valence-electron chi connectivity index (χ2n) is 14.8. The van der Waals surface area contributed by atoms with Gasteiger partial charge < -0.3 is 53.6 Å². The lowest BCUT2D eigenvalue weighted by Gasteiger charge is -2.33. The van der Waals surface area contributed by atoms with Crippen LogP contribution in [0.5, 0.6) is 5.75 Å². The molecule has 8 atom stereocenters. The molecule has 3 heterocycles. The summed E-state index contributed by atoms with van der Waals surface area (Å²) in [5.41, 5.74) is 16.9. The summed E-state index contributed by atoms with van der Waals surface area (Å²) in [5.74, 6) is -6.05. The SMILES string of the molecule is CC[C@H](C)[C@H](NC(=O)[C@@H]1CCCN1CC(O)[C@H]1Cc2ccc(cc2)OCC(=O)N[C@H](CCC(N)=O)C(=O)N[C@@H](CC(N)=O)C(=O)N1)C(=O)N[C@H](C(N)=O)C(C)C. The van der Waals surface area contributed by atoms with E-state index < -0.39 is 103 Å². The van der Waals surface area contributed by atoms with E-state index in [2.05, 4.69) is 26.6 Å². The van der Waals surface area contributed by atoms with Gasteiger partial charge >= 0.3 is 0 Å². The maximum atomic E-state index is 13.8. The summed E-state index contributed by atoms with van der Waals surface area (Å²) in [4.78, 5) is 104. The molecule has 0 saturated carbocycles. The number of rotatable bonds is 16. The molecule has 3 aliphatic heterocycles. The van der Waals surface area contributed by atoms with Gasteiger partial charge in [-0.3, -0.25) is 43.3 Å². The first-order valence-electron chi connectivity index (χ1n) is 18.9. The van der Waals surface area contributed by atoms with Gasteiger partial charge in [-0.15, -0.1) is 0 Å². The molecule has 0 aliphatic carbocycles. The van der Waals surface area contributed by atoms with Crippen molar-refractivity contribution in [3.05, 3.63) is 29.8 Å². The number of β-amino-alcohol motifs (C(OH)–C–C–N with tert-alkyl or cyclic N) is 1. The summed E-state index contributed by atoms with van der Waals surface area (Å²) in [6.45, 7) is 7.00. The number of ether oxygens (including phenoxy) is 1. The fraction of sp³-hybridized carbons (Fsp3) is 0.622. The first kappa shape index (κ1) is 45.1. The largest absolute Gasteiger partial charge is 0.484 e. The highest BCUT2D eigenvalue weighted by molar-refractivity contribution is 5.95. The van der Waals surface area contributed by atoms with Crippen molar-refractivity contribution in [2.75, 3.05) is 19.7 Å². The van der Waals surface area contributed by atoms with E-state index in [0.29, 0.717) is 37.1 Å². The molecule has 0 radical (unpaired) electrons. The molecule has 1 fully saturated rings. The summed E-state index contributed by atoms with van der Waals surface area (Å²) in [5, 5.41) is 24.9. The molecule has 12 N–H and O–H groups in total. The van der Waals surface area contributed by atoms with Gasteiger partial charge in [-0.2, -0.15) is 0 Å². The van der Waals surface area contributed by atoms with Crippen molar-refractivity contribution >= 4 is 47.3 Å². The van der Waals surface area contributed by atoms with Crippen LogP contribution < -0.4 is 48.5 Å². The topological polar surface area (TPSA) is 307 Å². The van der Waals surface area contributed by atoms with E-state index in [0.717, 1.165) is 0 Å². The molecular formula is C37H57N9O10. The van der Waals surface area contributed by atoms with Crippen LogP contribution in [-0.4, -0.2) is 119 Å². The van der Waals surface area contributed by atoms with Crippen molar-refractivity contribution in [3.63, 3.8) is 0 Å². The number of aliphatic hydroxyl groups is 1. The normalized spacial score (nSPS) is 23.1. The Labute approximate surface area is 325 Å². The van der Waals surface area contributed by atoms with Crippen LogP contribution >= 0.6 is 0 Å². The third-order valence-corrected chi connectivity index (χ3v) is 10.1. The van der Waals surface area contributed by atoms with E-state index in [-0.39, 0.29) is 37.6 Å². The van der Waals surface area contributed by atoms with E-state index >= 15 is 0 Å². The van der Waals surface area contributed by atoms with Gasteiger partial charge in [-0.05, 0) is 61.8 Å². The maximum Gasteiger partial charge on any atom is 0.258 e. The first-order valence-corrected chi connectivity index (χ1v) is 18.9. The number of hydrogen-bond acceptors (Lipinski definition) is 11. The Hall–Kier alpha value is -5.30. The third kappa shape index (κ3) is 13.5. The standard InChI is InChI=1S/C37H57N9O10/c1-5-20(4)32(37(55)44-31(19(2)3)33(40)51)45-36(54)26-7-6-14-46(26)17-27(47)24-15-21-8-10-22(11-9-21)56-18-30(50)41-23(12-13-28(38)48)34(52)43-25(16-29(39)49)35(53)42-24/h8-11,19-20,23-27,31-32,47H,5-7,12-18H2,1-4H3,(H2,38,48)(H2,39,49)(H2,40,51)(H,41,50)(H,42,53)(H,43,52)(H,44,55)(H,45,54)/t20-,23+,24+,25-,26-,27?,31-,32-/m0/s1. The molecule has 19 nitrogen and oxygen atoms in total. The van der Waals surface area contributed by atoms with Crippen LogP contribution in [0.1, 0.15) is 71.8 Å². The molecule has 1 unspecified atom stereocenters. The van der Waals surface area contributed by atoms with Crippen LogP contribution in [0.3, 0.4) is 0 Å². The fourth-order valence-electron chi connectivity index (χ4n) is 6.64. The maximum absolute atomic E-state index is 13.8. The van der Waals surface area contributed by atoms with Gasteiger partial charge in [-0.1, -0.05) is 46.2 Å². The number of nitrogens with one attached hydrogen (secondary N) is 5. The Morgan fingerprint density at radius 2 is 1.57 bits per heavy atom. The lowest BCUT2D eigenvalue weighted by molar-refractivity contribution is -0.135. The number of nitrogens with zero attached hydrogens (tertiary/aromatic N) is 1. The highest BCUT2D eigenvalue weighted by Gasteiger charge is 2.38. The Balaban J connectivity index is 1.87. The van der Waals surface area contributed by atoms with Crippen molar-refractivity contribution in [3.8, 4) is 5.75 Å². The molecule has 1 aromatic rings. The number of carbonyl (C=O) groups excluding carboxylic acids is 8. The fourth-order valence-corrected chi connectivity index (χ4v) is 6.64. The lowest BCUT2D eigenvalue weighted by Crippen LogP contribution is -2.60. The van der Waals surface area contributed by atoms with Crippen LogP contribution in [0.2, 0.25) is 0 Å². The third-order valence-electron chi connectivity index (χ3n) is 10.1. The number of primary amides is 3. The Bertz CT molecular complexity index is 1590. The van der Waals surface area contributed by atoms with Gasteiger partial charge in [0.05, 0.1) is 24.6 Å². The number of hydrogen-bond donors (Lipinski definition) is 9. The Kier molecular flexibility index (Phi) is 17.0. The van der Waals surface area contributed by atoms with Crippen molar-refractivity contribution < 1.29 is 48.2 Å². The highest BCUT2D eigenvalue weighted by atomic mass is 16.5. The van der Waals surface area contributed by atoms with E-state index in [9.17, 15) is 43.5 Å². The van der Waals surface area contributed by atoms with E-state index in [1.54, 1.807) is 49.9 Å². The van der Waals surface area contributed by atoms with Crippen molar-refractivity contribution in [2.24, 2.45) is 29.0 Å². The van der Waals surface area contributed by atoms with Crippen LogP contribution in [0.15, 0.2) is 24.3 Å². The molecule has 8 amide bonds. The number of likely N-dealkylation sites (tertiary alicyclic amines) is 1. The highest BCUT2D eigenvalue weighted by Crippen LogP contribution is 2.21. The average Bonchev–Trinajstić information content (AvgIpc) is 3.60. The number of fused-ring (bicyclic) bond motifs is 13. The minimum absolute atomic E-state index is 0.0595. The van der Waals surface area contributed by atoms with E-state index in [1.165, 1.54) is 0 Å². The summed E-state index contributed by atoms with van der Waals surface area (Å²) < 4.78 is 5.57. The van der Waals surface area contributed by atoms with Crippen LogP contribution in [0, 0.1) is 11.8 Å². The zero-order valence-electron chi connectivity index (χ0n) is 32.4. The first-order chi connectivity index (χ1) is 26.4. The molecule has 56 heavy (non-hydrogen) atoms. The molecule has 0 aromatic heterocycles. The van der Waals surface area contributed by atoms with Gasteiger partial charge in [0.2, 0.25) is 41.4 Å². The molecule has 1 saturated heterocycles. The molecule has 2 bridgehead atoms. The molecule has 19 heteroatoms. The number of carbonyl (C=O) groups is 8. The zero-order valence-corrected chi connectivity index (χ0v) is 32.4. The molecule has 1 aromatic carbocycles. The number of aliphatic hydroxyl groups excluding tert-OH is 1. The van der Waals surface area contributed by atoms with E-state index in [1.807, 2.05) is 6.92 Å². The van der Waals surface area contributed by atoms with Crippen LogP contribution in [-0.2, 0) is 44.8 Å². The summed E-state index contributed by atoms with van der Waals surface area (Å²) in [7, 11) is 0. The van der Waals surface area contributed by atoms with Gasteiger partial charge in [0.25, 0.3) is 5.91 Å². The average molecular weight is 788 g/mol. The van der Waals surface area contributed by atoms with Crippen molar-refractivity contribution in [1.82, 2.24) is 31.5 Å². The molecule has 4 rings (SSSR count). The van der Waals surface area contributed by atoms with Gasteiger partial charge in [0, 0.05) is 13.0 Å². The smallest absolute Gasteiger partial charge is 0.258 e. The molecule has 0 spiro atoms. The predicted octanol–water partition coefficient (Wildman–Crippen LogP) is -2.80. The Morgan fingerprint density at radius 3 is 2.16 bits per heavy atom. The zero-order chi connectivity index (χ0) is 41.7. The number of amides is 8. The molecule has 3 aliphatic rings. The van der Waals surface area contributed by atoms with Crippen LogP contribution in [0.4, 0.5) is 0 Å². The summed E-state index contributed by atoms with van der Waals surface area (Å²) in [6, 6.07) is -0.00391. The monoisotopic (exact) mass is 787 g/mol. The number of benzene rings is 1. The molecule has 310 valence electrons. The number of nitrogens with two attached hydrogens (primary N) is 3. The lowest BCUT2D eigenvalue weighted by atomic mass is 9.96. The van der Waals surface area contributed by atoms with Gasteiger partial charge in [0.15, 0.2) is 6.61 Å². The van der Waals surface area contributed by atoms with Crippen LogP contribution in [0.25, 0.3) is 0 Å². The van der Waals surface area contributed by atoms with Crippen molar-refractivity contribution in [1.29, 1.82) is 0 Å². The van der Waals surface area contributed by atoms with Gasteiger partial charge in [-0.25, -0.2) is 0 Å². The Morgan fingerprint density at radius 1 is 0.911 bits per heavy atom. The van der Waals surface area contributed by atoms with Crippen molar-refractivity contribution in [2.45, 2.75) is 115 Å². The molecular weight excluding hydrogens is 730 g/mol. The van der Waals surface area contributed by atoms with E-state index in [4.69, 9.17) is 21.9 Å². The minimum atomic E-state index is -1.53. The quantitative estimate of drug-likeness (QED) is 0.0771. The second kappa shape index (κ2) is 21.1. The minimum Gasteiger partial charge on any atom is -0.484 e. The summed E-state index contributed by atoms with van der Waals surface area (Å²) in [6.07, 6.45) is -0.810. The summed E-state index contributed by atoms with van der Waals surface area (Å²) >= 11 is 0. The second-order valence-corrected chi connectivity index (χ2v) is 14.8. The van der Waals surface area contributed by atoms with Gasteiger partial charge in [0.1, 0.15) is 29.9 Å².